The molecule has 19 heteroatoms. The number of nitrogens with one attached hydrogen (secondary N) is 4. The minimum Gasteiger partial charge on any atom is -0.449 e. The van der Waals surface area contributed by atoms with Crippen molar-refractivity contribution >= 4 is 29.5 Å². The Morgan fingerprint density at radius 1 is 0.700 bits per heavy atom. The van der Waals surface area contributed by atoms with Gasteiger partial charge >= 0.3 is 6.09 Å². The number of ether oxygens (including phenoxy) is 5. The predicted molar refractivity (Wildman–Crippen MR) is 311 cm³/mol. The Morgan fingerprint density at radius 2 is 1.30 bits per heavy atom. The van der Waals surface area contributed by atoms with E-state index in [1.165, 1.54) is 11.3 Å². The molecule has 0 spiro atoms. The first-order valence-corrected chi connectivity index (χ1v) is 28.8. The van der Waals surface area contributed by atoms with Crippen LogP contribution in [0.2, 0.25) is 0 Å². The number of nitrogens with zero attached hydrogens (tertiary/aromatic N) is 6. The van der Waals surface area contributed by atoms with Gasteiger partial charge in [-0.1, -0.05) is 54.3 Å². The van der Waals surface area contributed by atoms with Crippen molar-refractivity contribution in [3.05, 3.63) is 83.8 Å². The molecule has 19 nitrogen and oxygen atoms in total. The van der Waals surface area contributed by atoms with Crippen LogP contribution in [-0.2, 0) is 68.5 Å². The molecule has 1 aliphatic heterocycles. The lowest BCUT2D eigenvalue weighted by atomic mass is 9.94. The molecule has 0 radical (unpaired) electrons. The van der Waals surface area contributed by atoms with Crippen molar-refractivity contribution in [1.29, 1.82) is 0 Å². The van der Waals surface area contributed by atoms with Crippen LogP contribution in [0.25, 0.3) is 22.5 Å². The maximum absolute atomic E-state index is 13.8. The number of alkyl carbamates (subject to hydrolysis) is 1. The fourth-order valence-electron chi connectivity index (χ4n) is 10.2. The topological polar surface area (TPSA) is 214 Å². The first-order chi connectivity index (χ1) is 38.0. The smallest absolute Gasteiger partial charge is 0.407 e. The number of rotatable bonds is 25. The molecular weight excluding hydrogens is 1020 g/mol. The molecule has 4 amide bonds. The molecule has 2 aromatic carbocycles. The van der Waals surface area contributed by atoms with Crippen LogP contribution in [0.1, 0.15) is 132 Å². The third-order valence-corrected chi connectivity index (χ3v) is 14.1. The normalized spacial score (nSPS) is 16.6. The lowest BCUT2D eigenvalue weighted by Crippen LogP contribution is -2.40. The minimum absolute atomic E-state index is 0.00372. The van der Waals surface area contributed by atoms with Crippen molar-refractivity contribution in [3.8, 4) is 22.5 Å². The highest BCUT2D eigenvalue weighted by atomic mass is 16.6. The molecule has 0 bridgehead atoms. The van der Waals surface area contributed by atoms with Gasteiger partial charge in [0.1, 0.15) is 5.69 Å². The van der Waals surface area contributed by atoms with E-state index < -0.39 is 0 Å². The summed E-state index contributed by atoms with van der Waals surface area (Å²) in [5.41, 5.74) is 8.36. The Labute approximate surface area is 475 Å². The zero-order chi connectivity index (χ0) is 58.0. The quantitative estimate of drug-likeness (QED) is 0.0459. The second-order valence-electron chi connectivity index (χ2n) is 24.3. The van der Waals surface area contributed by atoms with Crippen molar-refractivity contribution in [2.45, 2.75) is 157 Å². The van der Waals surface area contributed by atoms with Crippen LogP contribution < -0.4 is 26.2 Å². The molecule has 3 aliphatic rings. The van der Waals surface area contributed by atoms with Crippen molar-refractivity contribution < 1.29 is 42.9 Å². The molecule has 2 aromatic heterocycles. The van der Waals surface area contributed by atoms with Crippen LogP contribution in [-0.4, -0.2) is 133 Å². The van der Waals surface area contributed by atoms with E-state index in [-0.39, 0.29) is 53.0 Å². The van der Waals surface area contributed by atoms with E-state index in [1.54, 1.807) is 0 Å². The number of amides is 4. The van der Waals surface area contributed by atoms with E-state index in [1.807, 2.05) is 98.9 Å². The number of aromatic nitrogens is 5. The van der Waals surface area contributed by atoms with E-state index in [2.05, 4.69) is 89.5 Å². The number of anilines is 1. The van der Waals surface area contributed by atoms with Gasteiger partial charge < -0.3 is 49.9 Å². The van der Waals surface area contributed by atoms with Gasteiger partial charge in [-0.3, -0.25) is 19.1 Å². The van der Waals surface area contributed by atoms with Gasteiger partial charge in [-0.25, -0.2) is 9.48 Å². The van der Waals surface area contributed by atoms with Crippen molar-refractivity contribution in [2.75, 3.05) is 77.5 Å². The number of aryl methyl sites for hydroxylation is 1. The van der Waals surface area contributed by atoms with E-state index in [4.69, 9.17) is 23.7 Å². The van der Waals surface area contributed by atoms with Crippen LogP contribution >= 0.6 is 0 Å². The lowest BCUT2D eigenvalue weighted by Gasteiger charge is -2.30. The molecule has 1 saturated carbocycles. The van der Waals surface area contributed by atoms with Gasteiger partial charge in [-0.05, 0) is 143 Å². The molecular formula is C61H92N10O9. The van der Waals surface area contributed by atoms with E-state index in [0.717, 1.165) is 65.1 Å². The standard InChI is InChI=1S/C37H52N6O6.C24H40N4O3/c1-27(2)39-33(44)16-18-47-20-22-49-24-23-48-21-19-46-17-15-28(3)38-25-34(45)42-26-29-11-7-8-12-30(29)35-36(31-13-9-10-14-32(31)42)43(41-40-35)37(4,5)6;1-23(2,3)27-21(29)8-7-13-25-22(30)31-15-19-17-10-9-16-14-26-28(24(4,5)6)20(16)12-11-18(17)19/h7-14,27,38H,3,15-26H2,1-2,4-6H3,(H,39,44);14,17-19H,7-13,15H2,1-6H3,(H,25,30)(H,27,29)/t;17-,18+,19?/m.1/s1. The summed E-state index contributed by atoms with van der Waals surface area (Å²) in [5.74, 6) is 1.70. The maximum Gasteiger partial charge on any atom is 0.407 e. The highest BCUT2D eigenvalue weighted by Crippen LogP contribution is 2.53. The molecule has 3 heterocycles. The van der Waals surface area contributed by atoms with Gasteiger partial charge in [-0.15, -0.1) is 5.10 Å². The second-order valence-corrected chi connectivity index (χ2v) is 24.3. The summed E-state index contributed by atoms with van der Waals surface area (Å²) >= 11 is 0. The van der Waals surface area contributed by atoms with E-state index in [9.17, 15) is 19.2 Å². The van der Waals surface area contributed by atoms with Crippen LogP contribution in [0, 0.1) is 17.8 Å². The zero-order valence-electron chi connectivity index (χ0n) is 49.7. The molecule has 2 aliphatic carbocycles. The zero-order valence-corrected chi connectivity index (χ0v) is 49.7. The summed E-state index contributed by atoms with van der Waals surface area (Å²) < 4.78 is 31.8. The Kier molecular flexibility index (Phi) is 23.3. The van der Waals surface area contributed by atoms with Gasteiger partial charge in [0, 0.05) is 59.9 Å². The molecule has 4 N–H and O–H groups in total. The number of fused-ring (bicyclic) bond motifs is 7. The Bertz CT molecular complexity index is 2660. The van der Waals surface area contributed by atoms with E-state index in [0.29, 0.717) is 116 Å². The summed E-state index contributed by atoms with van der Waals surface area (Å²) in [5, 5.41) is 25.6. The Hall–Kier alpha value is -6.15. The fourth-order valence-corrected chi connectivity index (χ4v) is 10.2. The molecule has 0 saturated heterocycles. The van der Waals surface area contributed by atoms with Crippen molar-refractivity contribution in [3.63, 3.8) is 0 Å². The lowest BCUT2D eigenvalue weighted by molar-refractivity contribution is -0.123. The first kappa shape index (κ1) is 63.0. The largest absolute Gasteiger partial charge is 0.449 e. The maximum atomic E-state index is 13.8. The van der Waals surface area contributed by atoms with Crippen molar-refractivity contribution in [2.24, 2.45) is 17.8 Å². The number of hydrogen-bond acceptors (Lipinski definition) is 13. The number of hydrogen-bond donors (Lipinski definition) is 4. The molecule has 4 aromatic rings. The molecule has 80 heavy (non-hydrogen) atoms. The van der Waals surface area contributed by atoms with Crippen LogP contribution in [0.15, 0.2) is 67.0 Å². The Balaban J connectivity index is 0.000000285. The average molecular weight is 1110 g/mol. The van der Waals surface area contributed by atoms with Gasteiger partial charge in [0.25, 0.3) is 0 Å². The molecule has 440 valence electrons. The highest BCUT2D eigenvalue weighted by Gasteiger charge is 2.50. The van der Waals surface area contributed by atoms with E-state index >= 15 is 0 Å². The average Bonchev–Trinajstić information content (AvgIpc) is 3.63. The third kappa shape index (κ3) is 19.3. The SMILES string of the molecule is C=C(CCOCCOCCOCCOCCC(=O)NC(C)C)NCC(=O)N1Cc2ccccc2-c2nnn(C(C)(C)C)c2-c2ccccc21.CC(C)(C)NC(=O)CCCNC(=O)OCC1[C@H]2CCc3c(cnn3C(C)(C)C)CC[C@@H]12. The number of para-hydroxylation sites is 1. The number of benzene rings is 2. The fraction of sp³-hybridized carbons (Fsp3) is 0.623. The molecule has 1 unspecified atom stereocenters. The monoisotopic (exact) mass is 1110 g/mol. The summed E-state index contributed by atoms with van der Waals surface area (Å²) in [6.07, 6.45) is 7.98. The minimum atomic E-state index is -0.373. The summed E-state index contributed by atoms with van der Waals surface area (Å²) in [6.45, 7) is 31.7. The number of carbonyl (C=O) groups excluding carboxylic acids is 4. The van der Waals surface area contributed by atoms with Crippen molar-refractivity contribution in [1.82, 2.24) is 46.0 Å². The van der Waals surface area contributed by atoms with Gasteiger partial charge in [0.05, 0.1) is 101 Å². The van der Waals surface area contributed by atoms with Gasteiger partial charge in [0.2, 0.25) is 17.7 Å². The summed E-state index contributed by atoms with van der Waals surface area (Å²) in [7, 11) is 0. The van der Waals surface area contributed by atoms with Gasteiger partial charge in [-0.2, -0.15) is 5.10 Å². The van der Waals surface area contributed by atoms with Crippen LogP contribution in [0.4, 0.5) is 10.5 Å². The third-order valence-electron chi connectivity index (χ3n) is 14.1. The molecule has 1 fully saturated rings. The molecule has 7 rings (SSSR count). The van der Waals surface area contributed by atoms with Crippen LogP contribution in [0.3, 0.4) is 0 Å². The van der Waals surface area contributed by atoms with Crippen LogP contribution in [0.5, 0.6) is 0 Å². The molecule has 3 atom stereocenters. The Morgan fingerprint density at radius 3 is 1.94 bits per heavy atom. The predicted octanol–water partition coefficient (Wildman–Crippen LogP) is 8.49. The first-order valence-electron chi connectivity index (χ1n) is 28.8. The highest BCUT2D eigenvalue weighted by molar-refractivity contribution is 6.01. The van der Waals surface area contributed by atoms with Gasteiger partial charge in [0.15, 0.2) is 0 Å². The second kappa shape index (κ2) is 29.5. The number of carbonyl (C=O) groups is 4. The summed E-state index contributed by atoms with van der Waals surface area (Å²) in [4.78, 5) is 51.1. The summed E-state index contributed by atoms with van der Waals surface area (Å²) in [6, 6.07) is 16.1.